The molecule has 30 heavy (non-hydrogen) atoms. The smallest absolute Gasteiger partial charge is 0.0572 e. The molecule has 0 radical (unpaired) electrons. The quantitative estimate of drug-likeness (QED) is 0.399. The topological polar surface area (TPSA) is 24.7 Å². The van der Waals surface area contributed by atoms with Gasteiger partial charge in [-0.1, -0.05) is 55.4 Å². The number of aliphatic imine (C=N–C) groups is 2. The van der Waals surface area contributed by atoms with Crippen molar-refractivity contribution < 1.29 is 0 Å². The maximum absolute atomic E-state index is 5.48. The van der Waals surface area contributed by atoms with Crippen molar-refractivity contribution in [1.82, 2.24) is 0 Å². The molecule has 0 aliphatic heterocycles. The second-order valence-corrected chi connectivity index (χ2v) is 12.5. The summed E-state index contributed by atoms with van der Waals surface area (Å²) >= 11 is 0. The average molecular weight is 417 g/mol. The molecule has 2 saturated carbocycles. The highest BCUT2D eigenvalue weighted by molar-refractivity contribution is 5.89. The van der Waals surface area contributed by atoms with Crippen LogP contribution in [-0.4, -0.2) is 23.0 Å². The summed E-state index contributed by atoms with van der Waals surface area (Å²) in [6.07, 6.45) is 8.82. The van der Waals surface area contributed by atoms with Crippen molar-refractivity contribution in [2.45, 2.75) is 126 Å². The van der Waals surface area contributed by atoms with E-state index < -0.39 is 0 Å². The number of nitrogens with zero attached hydrogens (tertiary/aromatic N) is 2. The first-order valence-corrected chi connectivity index (χ1v) is 13.0. The number of hydrogen-bond acceptors (Lipinski definition) is 2. The SMILES string of the molecule is CC1CCC(C(C)C)C(=NC(CC(C)(C)N=C2CC(C)CCC2C(C)C)C(C)C)C1. The van der Waals surface area contributed by atoms with Crippen LogP contribution >= 0.6 is 0 Å². The zero-order chi connectivity index (χ0) is 22.6. The van der Waals surface area contributed by atoms with Crippen molar-refractivity contribution >= 4 is 11.4 Å². The van der Waals surface area contributed by atoms with E-state index in [1.807, 2.05) is 0 Å². The largest absolute Gasteiger partial charge is 0.290 e. The zero-order valence-corrected chi connectivity index (χ0v) is 22.0. The van der Waals surface area contributed by atoms with Gasteiger partial charge in [0.25, 0.3) is 0 Å². The molecule has 5 unspecified atom stereocenters. The standard InChI is InChI=1S/C28H52N2/c1-18(2)23-13-11-21(7)15-25(23)29-27(20(5)6)17-28(9,10)30-26-16-22(8)12-14-24(26)19(3)4/h18-24,27H,11-17H2,1-10H3. The van der Waals surface area contributed by atoms with Crippen LogP contribution in [0, 0.1) is 41.4 Å². The fraction of sp³-hybridized carbons (Fsp3) is 0.929. The monoisotopic (exact) mass is 416 g/mol. The lowest BCUT2D eigenvalue weighted by Gasteiger charge is -2.36. The second kappa shape index (κ2) is 10.8. The van der Waals surface area contributed by atoms with Crippen LogP contribution in [0.5, 0.6) is 0 Å². The first kappa shape index (κ1) is 25.6. The number of rotatable bonds is 7. The van der Waals surface area contributed by atoms with E-state index in [0.29, 0.717) is 35.6 Å². The van der Waals surface area contributed by atoms with Crippen molar-refractivity contribution in [2.24, 2.45) is 51.4 Å². The lowest BCUT2D eigenvalue weighted by molar-refractivity contribution is 0.333. The predicted molar refractivity (Wildman–Crippen MR) is 135 cm³/mol. The van der Waals surface area contributed by atoms with Gasteiger partial charge in [-0.3, -0.25) is 9.98 Å². The van der Waals surface area contributed by atoms with Crippen LogP contribution in [0.1, 0.15) is 114 Å². The maximum atomic E-state index is 5.48. The molecule has 2 aliphatic rings. The Morgan fingerprint density at radius 3 is 1.70 bits per heavy atom. The molecule has 0 heterocycles. The Labute approximate surface area is 188 Å². The third kappa shape index (κ3) is 7.20. The van der Waals surface area contributed by atoms with E-state index in [2.05, 4.69) is 69.2 Å². The van der Waals surface area contributed by atoms with Gasteiger partial charge in [-0.05, 0) is 100 Å². The molecule has 0 bridgehead atoms. The Kier molecular flexibility index (Phi) is 9.19. The van der Waals surface area contributed by atoms with Crippen LogP contribution in [0.4, 0.5) is 0 Å². The summed E-state index contributed by atoms with van der Waals surface area (Å²) < 4.78 is 0. The lowest BCUT2D eigenvalue weighted by atomic mass is 9.75. The van der Waals surface area contributed by atoms with Crippen molar-refractivity contribution in [3.8, 4) is 0 Å². The van der Waals surface area contributed by atoms with E-state index in [4.69, 9.17) is 9.98 Å². The minimum absolute atomic E-state index is 0.0356. The Morgan fingerprint density at radius 1 is 0.767 bits per heavy atom. The summed E-state index contributed by atoms with van der Waals surface area (Å²) in [7, 11) is 0. The molecule has 0 aromatic rings. The minimum Gasteiger partial charge on any atom is -0.290 e. The predicted octanol–water partition coefficient (Wildman–Crippen LogP) is 8.25. The zero-order valence-electron chi connectivity index (χ0n) is 22.0. The van der Waals surface area contributed by atoms with Gasteiger partial charge in [0, 0.05) is 11.4 Å². The molecule has 2 heteroatoms. The van der Waals surface area contributed by atoms with Gasteiger partial charge in [0.1, 0.15) is 0 Å². The van der Waals surface area contributed by atoms with Gasteiger partial charge in [-0.15, -0.1) is 0 Å². The molecule has 5 atom stereocenters. The Balaban J connectivity index is 2.25. The molecule has 0 aromatic carbocycles. The van der Waals surface area contributed by atoms with Gasteiger partial charge >= 0.3 is 0 Å². The molecular weight excluding hydrogens is 364 g/mol. The van der Waals surface area contributed by atoms with Gasteiger partial charge < -0.3 is 0 Å². The summed E-state index contributed by atoms with van der Waals surface area (Å²) in [4.78, 5) is 10.9. The molecule has 0 saturated heterocycles. The summed E-state index contributed by atoms with van der Waals surface area (Å²) in [6, 6.07) is 0.379. The van der Waals surface area contributed by atoms with Crippen LogP contribution < -0.4 is 0 Å². The Morgan fingerprint density at radius 2 is 1.23 bits per heavy atom. The summed E-state index contributed by atoms with van der Waals surface area (Å²) in [5.74, 6) is 4.89. The summed E-state index contributed by atoms with van der Waals surface area (Å²) in [5.41, 5.74) is 2.97. The number of hydrogen-bond donors (Lipinski definition) is 0. The Bertz CT molecular complexity index is 596. The highest BCUT2D eigenvalue weighted by Gasteiger charge is 2.33. The van der Waals surface area contributed by atoms with Crippen LogP contribution in [0.25, 0.3) is 0 Å². The van der Waals surface area contributed by atoms with E-state index >= 15 is 0 Å². The molecule has 0 aromatic heterocycles. The van der Waals surface area contributed by atoms with Crippen molar-refractivity contribution in [3.63, 3.8) is 0 Å². The van der Waals surface area contributed by atoms with E-state index in [-0.39, 0.29) is 5.54 Å². The van der Waals surface area contributed by atoms with Gasteiger partial charge in [0.05, 0.1) is 11.6 Å². The van der Waals surface area contributed by atoms with Gasteiger partial charge in [-0.2, -0.15) is 0 Å². The molecule has 0 amide bonds. The van der Waals surface area contributed by atoms with Crippen LogP contribution in [0.3, 0.4) is 0 Å². The maximum Gasteiger partial charge on any atom is 0.0572 e. The first-order valence-electron chi connectivity index (χ1n) is 13.0. The van der Waals surface area contributed by atoms with E-state index in [1.54, 1.807) is 0 Å². The highest BCUT2D eigenvalue weighted by Crippen LogP contribution is 2.36. The highest BCUT2D eigenvalue weighted by atomic mass is 14.9. The third-order valence-corrected chi connectivity index (χ3v) is 7.78. The lowest BCUT2D eigenvalue weighted by Crippen LogP contribution is -2.35. The van der Waals surface area contributed by atoms with Crippen LogP contribution in [0.15, 0.2) is 9.98 Å². The first-order chi connectivity index (χ1) is 13.9. The summed E-state index contributed by atoms with van der Waals surface area (Å²) in [6.45, 7) is 23.7. The van der Waals surface area contributed by atoms with Gasteiger partial charge in [0.2, 0.25) is 0 Å². The van der Waals surface area contributed by atoms with E-state index in [1.165, 1.54) is 49.9 Å². The molecule has 2 fully saturated rings. The summed E-state index contributed by atoms with van der Waals surface area (Å²) in [5, 5.41) is 0. The molecular formula is C28H52N2. The van der Waals surface area contributed by atoms with E-state index in [0.717, 1.165) is 18.3 Å². The minimum atomic E-state index is -0.0356. The van der Waals surface area contributed by atoms with Crippen LogP contribution in [-0.2, 0) is 0 Å². The molecule has 0 N–H and O–H groups in total. The second-order valence-electron chi connectivity index (χ2n) is 12.5. The fourth-order valence-corrected chi connectivity index (χ4v) is 5.79. The van der Waals surface area contributed by atoms with Crippen LogP contribution in [0.2, 0.25) is 0 Å². The normalized spacial score (nSPS) is 32.6. The molecule has 0 spiro atoms. The van der Waals surface area contributed by atoms with Crippen molar-refractivity contribution in [1.29, 1.82) is 0 Å². The van der Waals surface area contributed by atoms with Crippen molar-refractivity contribution in [3.05, 3.63) is 0 Å². The van der Waals surface area contributed by atoms with Gasteiger partial charge in [-0.25, -0.2) is 0 Å². The van der Waals surface area contributed by atoms with Crippen molar-refractivity contribution in [2.75, 3.05) is 0 Å². The molecule has 2 rings (SSSR count). The average Bonchev–Trinajstić information content (AvgIpc) is 2.60. The third-order valence-electron chi connectivity index (χ3n) is 7.78. The van der Waals surface area contributed by atoms with E-state index in [9.17, 15) is 0 Å². The molecule has 2 aliphatic carbocycles. The molecule has 2 nitrogen and oxygen atoms in total. The Hall–Kier alpha value is -0.660. The molecule has 174 valence electrons. The fourth-order valence-electron chi connectivity index (χ4n) is 5.79. The van der Waals surface area contributed by atoms with Gasteiger partial charge in [0.15, 0.2) is 0 Å².